The molecule has 0 radical (unpaired) electrons. The minimum atomic E-state index is -0.507. The second-order valence-electron chi connectivity index (χ2n) is 3.93. The first-order valence-corrected chi connectivity index (χ1v) is 5.44. The number of rotatable bonds is 3. The third kappa shape index (κ3) is 2.27. The van der Waals surface area contributed by atoms with Crippen LogP contribution in [0.25, 0.3) is 11.5 Å². The van der Waals surface area contributed by atoms with Gasteiger partial charge in [-0.2, -0.15) is 4.98 Å². The van der Waals surface area contributed by atoms with Gasteiger partial charge in [0.2, 0.25) is 0 Å². The topological polar surface area (TPSA) is 59.2 Å². The lowest BCUT2D eigenvalue weighted by atomic mass is 10.1. The molecule has 0 aliphatic rings. The van der Waals surface area contributed by atoms with Crippen LogP contribution in [0.4, 0.5) is 4.39 Å². The third-order valence-corrected chi connectivity index (χ3v) is 2.69. The van der Waals surface area contributed by atoms with E-state index in [0.717, 1.165) is 12.5 Å². The SMILES string of the molecule is CCC(C)c1noc(-c2ccc(F)cc2O)n1. The molecule has 1 N–H and O–H groups in total. The van der Waals surface area contributed by atoms with Gasteiger partial charge in [-0.15, -0.1) is 0 Å². The summed E-state index contributed by atoms with van der Waals surface area (Å²) >= 11 is 0. The predicted molar refractivity (Wildman–Crippen MR) is 60.1 cm³/mol. The largest absolute Gasteiger partial charge is 0.507 e. The molecular formula is C12H13FN2O2. The molecule has 0 aliphatic heterocycles. The van der Waals surface area contributed by atoms with Gasteiger partial charge in [0.1, 0.15) is 11.6 Å². The summed E-state index contributed by atoms with van der Waals surface area (Å²) in [5.41, 5.74) is 0.341. The Hall–Kier alpha value is -1.91. The number of aromatic nitrogens is 2. The van der Waals surface area contributed by atoms with E-state index in [1.54, 1.807) is 0 Å². The molecule has 17 heavy (non-hydrogen) atoms. The third-order valence-electron chi connectivity index (χ3n) is 2.69. The van der Waals surface area contributed by atoms with Gasteiger partial charge in [0.25, 0.3) is 5.89 Å². The van der Waals surface area contributed by atoms with Gasteiger partial charge in [-0.05, 0) is 18.6 Å². The molecule has 0 aliphatic carbocycles. The first-order valence-electron chi connectivity index (χ1n) is 5.44. The number of hydrogen-bond donors (Lipinski definition) is 1. The maximum absolute atomic E-state index is 12.8. The van der Waals surface area contributed by atoms with E-state index in [1.807, 2.05) is 13.8 Å². The fourth-order valence-electron chi connectivity index (χ4n) is 1.41. The maximum atomic E-state index is 12.8. The highest BCUT2D eigenvalue weighted by atomic mass is 19.1. The average molecular weight is 236 g/mol. The second-order valence-corrected chi connectivity index (χ2v) is 3.93. The van der Waals surface area contributed by atoms with Gasteiger partial charge in [0, 0.05) is 12.0 Å². The zero-order valence-electron chi connectivity index (χ0n) is 9.64. The van der Waals surface area contributed by atoms with Crippen LogP contribution in [0.2, 0.25) is 0 Å². The smallest absolute Gasteiger partial charge is 0.261 e. The summed E-state index contributed by atoms with van der Waals surface area (Å²) in [7, 11) is 0. The van der Waals surface area contributed by atoms with E-state index in [1.165, 1.54) is 12.1 Å². The summed E-state index contributed by atoms with van der Waals surface area (Å²) in [5.74, 6) is 0.274. The van der Waals surface area contributed by atoms with E-state index in [2.05, 4.69) is 10.1 Å². The number of phenolic OH excluding ortho intramolecular Hbond substituents is 1. The fourth-order valence-corrected chi connectivity index (χ4v) is 1.41. The van der Waals surface area contributed by atoms with Gasteiger partial charge in [-0.3, -0.25) is 0 Å². The van der Waals surface area contributed by atoms with Crippen molar-refractivity contribution in [3.8, 4) is 17.2 Å². The Balaban J connectivity index is 2.37. The number of benzene rings is 1. The molecule has 0 saturated carbocycles. The first-order chi connectivity index (χ1) is 8.11. The molecule has 0 amide bonds. The molecule has 2 rings (SSSR count). The number of hydrogen-bond acceptors (Lipinski definition) is 4. The van der Waals surface area contributed by atoms with E-state index in [-0.39, 0.29) is 17.6 Å². The molecule has 2 aromatic rings. The minimum Gasteiger partial charge on any atom is -0.507 e. The minimum absolute atomic E-state index is 0.190. The Kier molecular flexibility index (Phi) is 3.08. The second kappa shape index (κ2) is 4.53. The average Bonchev–Trinajstić information content (AvgIpc) is 2.77. The van der Waals surface area contributed by atoms with Gasteiger partial charge in [-0.25, -0.2) is 4.39 Å². The monoisotopic (exact) mass is 236 g/mol. The summed E-state index contributed by atoms with van der Waals surface area (Å²) in [4.78, 5) is 4.18. The van der Waals surface area contributed by atoms with Crippen LogP contribution in [0.5, 0.6) is 5.75 Å². The zero-order valence-corrected chi connectivity index (χ0v) is 9.64. The molecule has 0 spiro atoms. The Morgan fingerprint density at radius 3 is 2.88 bits per heavy atom. The van der Waals surface area contributed by atoms with Crippen LogP contribution in [0.3, 0.4) is 0 Å². The molecule has 1 atom stereocenters. The van der Waals surface area contributed by atoms with Gasteiger partial charge in [-0.1, -0.05) is 19.0 Å². The van der Waals surface area contributed by atoms with Crippen LogP contribution >= 0.6 is 0 Å². The van der Waals surface area contributed by atoms with Crippen LogP contribution in [0.1, 0.15) is 32.0 Å². The van der Waals surface area contributed by atoms with E-state index in [0.29, 0.717) is 11.4 Å². The number of nitrogens with zero attached hydrogens (tertiary/aromatic N) is 2. The lowest BCUT2D eigenvalue weighted by molar-refractivity contribution is 0.411. The molecule has 0 saturated heterocycles. The molecule has 5 heteroatoms. The quantitative estimate of drug-likeness (QED) is 0.889. The van der Waals surface area contributed by atoms with Gasteiger partial charge >= 0.3 is 0 Å². The van der Waals surface area contributed by atoms with E-state index >= 15 is 0 Å². The van der Waals surface area contributed by atoms with Gasteiger partial charge in [0.15, 0.2) is 5.82 Å². The summed E-state index contributed by atoms with van der Waals surface area (Å²) in [6.07, 6.45) is 0.897. The molecule has 90 valence electrons. The molecule has 0 fully saturated rings. The lowest BCUT2D eigenvalue weighted by Gasteiger charge is -2.00. The van der Waals surface area contributed by atoms with Crippen molar-refractivity contribution in [1.82, 2.24) is 10.1 Å². The summed E-state index contributed by atoms with van der Waals surface area (Å²) < 4.78 is 17.9. The molecule has 1 unspecified atom stereocenters. The first kappa shape index (κ1) is 11.6. The molecule has 0 bridgehead atoms. The van der Waals surface area contributed by atoms with Crippen LogP contribution < -0.4 is 0 Å². The van der Waals surface area contributed by atoms with Crippen molar-refractivity contribution < 1.29 is 14.0 Å². The van der Waals surface area contributed by atoms with Crippen molar-refractivity contribution in [3.05, 3.63) is 29.8 Å². The number of aromatic hydroxyl groups is 1. The van der Waals surface area contributed by atoms with E-state index in [4.69, 9.17) is 4.52 Å². The van der Waals surface area contributed by atoms with Crippen LogP contribution in [0, 0.1) is 5.82 Å². The van der Waals surface area contributed by atoms with Gasteiger partial charge in [0.05, 0.1) is 5.56 Å². The summed E-state index contributed by atoms with van der Waals surface area (Å²) in [6.45, 7) is 4.01. The lowest BCUT2D eigenvalue weighted by Crippen LogP contribution is -1.93. The van der Waals surface area contributed by atoms with Gasteiger partial charge < -0.3 is 9.63 Å². The van der Waals surface area contributed by atoms with Crippen molar-refractivity contribution in [3.63, 3.8) is 0 Å². The van der Waals surface area contributed by atoms with Crippen LogP contribution in [-0.2, 0) is 0 Å². The number of halogens is 1. The summed E-state index contributed by atoms with van der Waals surface area (Å²) in [5, 5.41) is 13.4. The highest BCUT2D eigenvalue weighted by Crippen LogP contribution is 2.29. The highest BCUT2D eigenvalue weighted by Gasteiger charge is 2.16. The molecule has 4 nitrogen and oxygen atoms in total. The Morgan fingerprint density at radius 1 is 1.47 bits per heavy atom. The molecule has 1 heterocycles. The standard InChI is InChI=1S/C12H13FN2O2/c1-3-7(2)11-14-12(17-15-11)9-5-4-8(13)6-10(9)16/h4-7,16H,3H2,1-2H3. The molecule has 1 aromatic heterocycles. The highest BCUT2D eigenvalue weighted by molar-refractivity contribution is 5.61. The van der Waals surface area contributed by atoms with Crippen LogP contribution in [-0.4, -0.2) is 15.2 Å². The van der Waals surface area contributed by atoms with Crippen molar-refractivity contribution >= 4 is 0 Å². The maximum Gasteiger partial charge on any atom is 0.261 e. The van der Waals surface area contributed by atoms with Crippen LogP contribution in [0.15, 0.2) is 22.7 Å². The Labute approximate surface area is 98.1 Å². The van der Waals surface area contributed by atoms with Crippen molar-refractivity contribution in [2.24, 2.45) is 0 Å². The molecule has 1 aromatic carbocycles. The molecular weight excluding hydrogens is 223 g/mol. The Bertz CT molecular complexity index is 525. The van der Waals surface area contributed by atoms with Crippen molar-refractivity contribution in [2.45, 2.75) is 26.2 Å². The Morgan fingerprint density at radius 2 is 2.24 bits per heavy atom. The van der Waals surface area contributed by atoms with E-state index in [9.17, 15) is 9.50 Å². The zero-order chi connectivity index (χ0) is 12.4. The number of phenols is 1. The predicted octanol–water partition coefficient (Wildman–Crippen LogP) is 3.09. The normalized spacial score (nSPS) is 12.6. The van der Waals surface area contributed by atoms with Crippen molar-refractivity contribution in [1.29, 1.82) is 0 Å². The fraction of sp³-hybridized carbons (Fsp3) is 0.333. The van der Waals surface area contributed by atoms with Crippen molar-refractivity contribution in [2.75, 3.05) is 0 Å². The van der Waals surface area contributed by atoms with E-state index < -0.39 is 5.82 Å². The summed E-state index contributed by atoms with van der Waals surface area (Å²) in [6, 6.07) is 3.67.